The number of rotatable bonds is 4. The molecule has 1 amide bonds. The van der Waals surface area contributed by atoms with E-state index >= 15 is 0 Å². The van der Waals surface area contributed by atoms with E-state index in [0.29, 0.717) is 6.42 Å². The molecule has 0 bridgehead atoms. The van der Waals surface area contributed by atoms with Crippen LogP contribution < -0.4 is 5.32 Å². The molecule has 6 nitrogen and oxygen atoms in total. The van der Waals surface area contributed by atoms with Gasteiger partial charge in [-0.2, -0.15) is 0 Å². The lowest BCUT2D eigenvalue weighted by atomic mass is 9.71. The molecule has 0 saturated heterocycles. The molecule has 132 valence electrons. The third kappa shape index (κ3) is 6.59. The molecule has 1 aliphatic rings. The Morgan fingerprint density at radius 2 is 1.96 bits per heavy atom. The minimum atomic E-state index is -0.870. The lowest BCUT2D eigenvalue weighted by molar-refractivity contribution is -0.144. The van der Waals surface area contributed by atoms with Crippen molar-refractivity contribution in [3.8, 4) is 0 Å². The van der Waals surface area contributed by atoms with Crippen molar-refractivity contribution in [3.63, 3.8) is 0 Å². The minimum absolute atomic E-state index is 0.00688. The molecule has 1 unspecified atom stereocenters. The monoisotopic (exact) mass is 327 g/mol. The Balaban J connectivity index is 2.71. The summed E-state index contributed by atoms with van der Waals surface area (Å²) in [5.74, 6) is -0.656. The number of methoxy groups -OCH3 is 1. The first-order valence-electron chi connectivity index (χ1n) is 8.03. The highest BCUT2D eigenvalue weighted by Crippen LogP contribution is 2.37. The number of carbonyl (C=O) groups excluding carboxylic acids is 3. The fourth-order valence-corrected chi connectivity index (χ4v) is 2.77. The van der Waals surface area contributed by atoms with E-state index in [9.17, 15) is 14.4 Å². The lowest BCUT2D eigenvalue weighted by Gasteiger charge is -2.34. The largest absolute Gasteiger partial charge is 0.467 e. The molecular formula is C17H29NO5. The predicted octanol–water partition coefficient (Wildman–Crippen LogP) is 2.84. The normalized spacial score (nSPS) is 22.2. The fraction of sp³-hybridized carbons (Fsp3) is 0.824. The van der Waals surface area contributed by atoms with Crippen LogP contribution in [0, 0.1) is 11.3 Å². The number of nitrogens with one attached hydrogen (secondary N) is 1. The SMILES string of the molecule is COC(=O)[C@H](CC1CCC(C)(C)CC1=O)NC(=O)OC(C)(C)C. The Kier molecular flexibility index (Phi) is 6.19. The Bertz CT molecular complexity index is 464. The number of hydrogen-bond donors (Lipinski definition) is 1. The number of carbonyl (C=O) groups is 3. The predicted molar refractivity (Wildman–Crippen MR) is 85.9 cm³/mol. The molecule has 1 aliphatic carbocycles. The van der Waals surface area contributed by atoms with Gasteiger partial charge in [0.05, 0.1) is 7.11 Å². The second kappa shape index (κ2) is 7.32. The maximum Gasteiger partial charge on any atom is 0.408 e. The van der Waals surface area contributed by atoms with Gasteiger partial charge in [0.1, 0.15) is 17.4 Å². The van der Waals surface area contributed by atoms with Gasteiger partial charge in [-0.25, -0.2) is 9.59 Å². The van der Waals surface area contributed by atoms with Crippen LogP contribution in [0.5, 0.6) is 0 Å². The third-order valence-electron chi connectivity index (χ3n) is 3.97. The highest BCUT2D eigenvalue weighted by Gasteiger charge is 2.37. The van der Waals surface area contributed by atoms with Crippen LogP contribution >= 0.6 is 0 Å². The molecule has 0 aromatic carbocycles. The van der Waals surface area contributed by atoms with Crippen LogP contribution in [0.15, 0.2) is 0 Å². The van der Waals surface area contributed by atoms with Crippen molar-refractivity contribution in [3.05, 3.63) is 0 Å². The van der Waals surface area contributed by atoms with Gasteiger partial charge in [-0.3, -0.25) is 4.79 Å². The van der Waals surface area contributed by atoms with Crippen molar-refractivity contribution < 1.29 is 23.9 Å². The zero-order chi connectivity index (χ0) is 17.8. The summed E-state index contributed by atoms with van der Waals surface area (Å²) in [6, 6.07) is -0.870. The molecule has 1 N–H and O–H groups in total. The Hall–Kier alpha value is -1.59. The van der Waals surface area contributed by atoms with E-state index in [0.717, 1.165) is 12.8 Å². The average Bonchev–Trinajstić information content (AvgIpc) is 2.37. The van der Waals surface area contributed by atoms with E-state index in [1.54, 1.807) is 20.8 Å². The fourth-order valence-electron chi connectivity index (χ4n) is 2.77. The molecule has 1 fully saturated rings. The summed E-state index contributed by atoms with van der Waals surface area (Å²) in [4.78, 5) is 36.1. The number of amides is 1. The summed E-state index contributed by atoms with van der Waals surface area (Å²) in [6.07, 6.45) is 1.70. The van der Waals surface area contributed by atoms with Gasteiger partial charge in [0.25, 0.3) is 0 Å². The van der Waals surface area contributed by atoms with Crippen LogP contribution in [0.4, 0.5) is 4.79 Å². The third-order valence-corrected chi connectivity index (χ3v) is 3.97. The van der Waals surface area contributed by atoms with Gasteiger partial charge in [-0.05, 0) is 45.4 Å². The molecule has 23 heavy (non-hydrogen) atoms. The molecule has 1 rings (SSSR count). The van der Waals surface area contributed by atoms with Crippen molar-refractivity contribution in [2.75, 3.05) is 7.11 Å². The molecule has 2 atom stereocenters. The van der Waals surface area contributed by atoms with Crippen LogP contribution in [0.25, 0.3) is 0 Å². The van der Waals surface area contributed by atoms with Crippen LogP contribution in [-0.4, -0.2) is 36.6 Å². The Morgan fingerprint density at radius 3 is 2.43 bits per heavy atom. The van der Waals surface area contributed by atoms with Crippen molar-refractivity contribution >= 4 is 17.8 Å². The molecule has 1 saturated carbocycles. The number of ketones is 1. The van der Waals surface area contributed by atoms with E-state index in [-0.39, 0.29) is 23.5 Å². The van der Waals surface area contributed by atoms with Crippen molar-refractivity contribution in [2.24, 2.45) is 11.3 Å². The van der Waals surface area contributed by atoms with Crippen LogP contribution in [0.2, 0.25) is 0 Å². The van der Waals surface area contributed by atoms with Gasteiger partial charge in [-0.1, -0.05) is 13.8 Å². The number of alkyl carbamates (subject to hydrolysis) is 1. The first-order valence-corrected chi connectivity index (χ1v) is 8.03. The summed E-state index contributed by atoms with van der Waals surface area (Å²) in [6.45, 7) is 9.36. The molecule has 0 aromatic rings. The first kappa shape index (κ1) is 19.5. The summed E-state index contributed by atoms with van der Waals surface area (Å²) in [5.41, 5.74) is -0.650. The molecule has 0 radical (unpaired) electrons. The Morgan fingerprint density at radius 1 is 1.35 bits per heavy atom. The summed E-state index contributed by atoms with van der Waals surface area (Å²) >= 11 is 0. The lowest BCUT2D eigenvalue weighted by Crippen LogP contribution is -2.46. The van der Waals surface area contributed by atoms with Gasteiger partial charge in [0.15, 0.2) is 0 Å². The average molecular weight is 327 g/mol. The topological polar surface area (TPSA) is 81.7 Å². The van der Waals surface area contributed by atoms with Crippen molar-refractivity contribution in [1.29, 1.82) is 0 Å². The van der Waals surface area contributed by atoms with E-state index < -0.39 is 23.7 Å². The zero-order valence-corrected chi connectivity index (χ0v) is 15.0. The summed E-state index contributed by atoms with van der Waals surface area (Å²) in [5, 5.41) is 2.52. The molecule has 0 aromatic heterocycles. The van der Waals surface area contributed by atoms with E-state index in [2.05, 4.69) is 19.2 Å². The van der Waals surface area contributed by atoms with E-state index in [4.69, 9.17) is 9.47 Å². The molecule has 0 heterocycles. The van der Waals surface area contributed by atoms with Gasteiger partial charge in [0, 0.05) is 12.3 Å². The molecule has 6 heteroatoms. The number of hydrogen-bond acceptors (Lipinski definition) is 5. The van der Waals surface area contributed by atoms with Gasteiger partial charge < -0.3 is 14.8 Å². The van der Waals surface area contributed by atoms with Crippen LogP contribution in [-0.2, 0) is 19.1 Å². The van der Waals surface area contributed by atoms with Crippen LogP contribution in [0.3, 0.4) is 0 Å². The number of ether oxygens (including phenoxy) is 2. The highest BCUT2D eigenvalue weighted by molar-refractivity contribution is 5.85. The van der Waals surface area contributed by atoms with Gasteiger partial charge in [0.2, 0.25) is 0 Å². The molecular weight excluding hydrogens is 298 g/mol. The maximum absolute atomic E-state index is 12.3. The maximum atomic E-state index is 12.3. The second-order valence-corrected chi connectivity index (χ2v) is 8.00. The smallest absolute Gasteiger partial charge is 0.408 e. The zero-order valence-electron chi connectivity index (χ0n) is 15.0. The van der Waals surface area contributed by atoms with E-state index in [1.807, 2.05) is 0 Å². The number of Topliss-reactive ketones (excluding diaryl/α,β-unsaturated/α-hetero) is 1. The van der Waals surface area contributed by atoms with Crippen molar-refractivity contribution in [1.82, 2.24) is 5.32 Å². The van der Waals surface area contributed by atoms with Gasteiger partial charge in [-0.15, -0.1) is 0 Å². The minimum Gasteiger partial charge on any atom is -0.467 e. The van der Waals surface area contributed by atoms with Crippen LogP contribution in [0.1, 0.15) is 60.3 Å². The summed E-state index contributed by atoms with van der Waals surface area (Å²) in [7, 11) is 1.26. The van der Waals surface area contributed by atoms with Gasteiger partial charge >= 0.3 is 12.1 Å². The first-order chi connectivity index (χ1) is 10.4. The molecule has 0 aliphatic heterocycles. The highest BCUT2D eigenvalue weighted by atomic mass is 16.6. The summed E-state index contributed by atoms with van der Waals surface area (Å²) < 4.78 is 9.91. The number of esters is 1. The second-order valence-electron chi connectivity index (χ2n) is 8.00. The Labute approximate surface area is 138 Å². The van der Waals surface area contributed by atoms with Crippen molar-refractivity contribution in [2.45, 2.75) is 71.9 Å². The standard InChI is InChI=1S/C17H29NO5/c1-16(2,3)23-15(21)18-12(14(20)22-6)9-11-7-8-17(4,5)10-13(11)19/h11-12H,7-10H2,1-6H3,(H,18,21)/t11?,12-/m0/s1. The molecule has 0 spiro atoms. The van der Waals surface area contributed by atoms with E-state index in [1.165, 1.54) is 7.11 Å². The quantitative estimate of drug-likeness (QED) is 0.803.